The summed E-state index contributed by atoms with van der Waals surface area (Å²) in [5.41, 5.74) is 1.31. The summed E-state index contributed by atoms with van der Waals surface area (Å²) in [6.45, 7) is 3.73. The first-order valence-electron chi connectivity index (χ1n) is 6.39. The maximum atomic E-state index is 12.5. The van der Waals surface area contributed by atoms with Crippen molar-refractivity contribution in [1.82, 2.24) is 0 Å². The van der Waals surface area contributed by atoms with Crippen LogP contribution in [0.4, 0.5) is 16.2 Å². The average molecular weight is 314 g/mol. The van der Waals surface area contributed by atoms with Crippen LogP contribution in [0.3, 0.4) is 0 Å². The highest BCUT2D eigenvalue weighted by atomic mass is 35.5. The van der Waals surface area contributed by atoms with Crippen LogP contribution in [0.25, 0.3) is 0 Å². The van der Waals surface area contributed by atoms with Gasteiger partial charge in [-0.3, -0.25) is 9.59 Å². The van der Waals surface area contributed by atoms with Crippen LogP contribution in [-0.2, 0) is 9.59 Å². The van der Waals surface area contributed by atoms with Crippen molar-refractivity contribution in [2.24, 2.45) is 0 Å². The van der Waals surface area contributed by atoms with Gasteiger partial charge in [-0.05, 0) is 42.8 Å². The van der Waals surface area contributed by atoms with Crippen molar-refractivity contribution < 1.29 is 14.4 Å². The van der Waals surface area contributed by atoms with Crippen molar-refractivity contribution in [2.45, 2.75) is 0 Å². The number of urea groups is 1. The smallest absolute Gasteiger partial charge is 0.262 e. The number of nitrogens with zero attached hydrogens (tertiary/aromatic N) is 2. The highest BCUT2D eigenvalue weighted by molar-refractivity contribution is 6.60. The van der Waals surface area contributed by atoms with Crippen LogP contribution in [0, 0.1) is 6.92 Å². The molecule has 1 heterocycles. The average Bonchev–Trinajstić information content (AvgIpc) is 2.71. The number of carbonyl (C=O) groups excluding carboxylic acids is 3. The number of carbonyl (C=O) groups is 3. The van der Waals surface area contributed by atoms with Crippen LogP contribution in [0.1, 0.15) is 5.56 Å². The SMILES string of the molecule is [CH2]c1ccc(N2C(=O)C(=O)N(c3cccc(Cl)c3)C2=O)cc1. The quantitative estimate of drug-likeness (QED) is 0.632. The van der Waals surface area contributed by atoms with Crippen LogP contribution in [0.15, 0.2) is 48.5 Å². The molecule has 0 spiro atoms. The van der Waals surface area contributed by atoms with Crippen molar-refractivity contribution in [2.75, 3.05) is 9.80 Å². The van der Waals surface area contributed by atoms with Crippen molar-refractivity contribution in [3.05, 3.63) is 66.0 Å². The number of imide groups is 2. The van der Waals surface area contributed by atoms with Crippen molar-refractivity contribution >= 4 is 40.8 Å². The largest absolute Gasteiger partial charge is 0.343 e. The van der Waals surface area contributed by atoms with Gasteiger partial charge in [0.1, 0.15) is 0 Å². The second kappa shape index (κ2) is 5.27. The molecule has 1 aliphatic heterocycles. The van der Waals surface area contributed by atoms with Crippen molar-refractivity contribution in [1.29, 1.82) is 0 Å². The second-order valence-electron chi connectivity index (χ2n) is 4.71. The summed E-state index contributed by atoms with van der Waals surface area (Å²) in [4.78, 5) is 38.4. The second-order valence-corrected chi connectivity index (χ2v) is 5.15. The number of hydrogen-bond acceptors (Lipinski definition) is 3. The van der Waals surface area contributed by atoms with E-state index in [1.807, 2.05) is 0 Å². The molecule has 0 atom stereocenters. The van der Waals surface area contributed by atoms with Gasteiger partial charge in [-0.25, -0.2) is 14.6 Å². The maximum Gasteiger partial charge on any atom is 0.343 e. The van der Waals surface area contributed by atoms with Gasteiger partial charge in [-0.2, -0.15) is 0 Å². The lowest BCUT2D eigenvalue weighted by Crippen LogP contribution is -2.33. The fraction of sp³-hybridized carbons (Fsp3) is 0. The molecule has 0 N–H and O–H groups in total. The highest BCUT2D eigenvalue weighted by Gasteiger charge is 2.46. The molecular formula is C16H10ClN2O3. The molecule has 1 saturated heterocycles. The van der Waals surface area contributed by atoms with E-state index in [0.717, 1.165) is 15.4 Å². The Hall–Kier alpha value is -2.66. The number of halogens is 1. The highest BCUT2D eigenvalue weighted by Crippen LogP contribution is 2.28. The monoisotopic (exact) mass is 313 g/mol. The van der Waals surface area contributed by atoms with E-state index in [1.54, 1.807) is 36.4 Å². The fourth-order valence-electron chi connectivity index (χ4n) is 2.18. The van der Waals surface area contributed by atoms with Crippen molar-refractivity contribution in [3.8, 4) is 0 Å². The van der Waals surface area contributed by atoms with Crippen LogP contribution >= 0.6 is 11.6 Å². The van der Waals surface area contributed by atoms with Gasteiger partial charge in [0.15, 0.2) is 0 Å². The van der Waals surface area contributed by atoms with E-state index in [2.05, 4.69) is 6.92 Å². The minimum Gasteiger partial charge on any atom is -0.262 e. The van der Waals surface area contributed by atoms with E-state index in [4.69, 9.17) is 11.6 Å². The lowest BCUT2D eigenvalue weighted by molar-refractivity contribution is -0.133. The topological polar surface area (TPSA) is 57.7 Å². The molecule has 1 fully saturated rings. The Morgan fingerprint density at radius 3 is 2.00 bits per heavy atom. The Morgan fingerprint density at radius 2 is 1.41 bits per heavy atom. The first-order chi connectivity index (χ1) is 10.5. The zero-order chi connectivity index (χ0) is 15.9. The van der Waals surface area contributed by atoms with Crippen LogP contribution < -0.4 is 9.80 Å². The summed E-state index contributed by atoms with van der Waals surface area (Å²) in [7, 11) is 0. The number of hydrogen-bond donors (Lipinski definition) is 0. The summed E-state index contributed by atoms with van der Waals surface area (Å²) in [6.07, 6.45) is 0. The van der Waals surface area contributed by atoms with Crippen LogP contribution in [-0.4, -0.2) is 17.8 Å². The summed E-state index contributed by atoms with van der Waals surface area (Å²) in [5.74, 6) is -1.81. The fourth-order valence-corrected chi connectivity index (χ4v) is 2.37. The van der Waals surface area contributed by atoms with Gasteiger partial charge in [0.25, 0.3) is 0 Å². The Bertz CT molecular complexity index is 786. The van der Waals surface area contributed by atoms with E-state index in [9.17, 15) is 14.4 Å². The van der Waals surface area contributed by atoms with Gasteiger partial charge in [0, 0.05) is 5.02 Å². The molecule has 1 radical (unpaired) electrons. The third kappa shape index (κ3) is 2.25. The van der Waals surface area contributed by atoms with Gasteiger partial charge < -0.3 is 0 Å². The summed E-state index contributed by atoms with van der Waals surface area (Å²) < 4.78 is 0. The van der Waals surface area contributed by atoms with E-state index in [-0.39, 0.29) is 5.69 Å². The van der Waals surface area contributed by atoms with Gasteiger partial charge >= 0.3 is 17.8 Å². The molecular weight excluding hydrogens is 304 g/mol. The zero-order valence-electron chi connectivity index (χ0n) is 11.3. The minimum atomic E-state index is -0.911. The molecule has 5 nitrogen and oxygen atoms in total. The molecule has 0 aliphatic carbocycles. The molecule has 0 bridgehead atoms. The molecule has 22 heavy (non-hydrogen) atoms. The number of rotatable bonds is 2. The Labute approximate surface area is 131 Å². The number of benzene rings is 2. The Kier molecular flexibility index (Phi) is 3.42. The molecule has 2 aromatic carbocycles. The third-order valence-corrected chi connectivity index (χ3v) is 3.47. The molecule has 109 valence electrons. The Morgan fingerprint density at radius 1 is 0.818 bits per heavy atom. The normalized spacial score (nSPS) is 14.9. The summed E-state index contributed by atoms with van der Waals surface area (Å²) in [6, 6.07) is 11.9. The van der Waals surface area contributed by atoms with Crippen molar-refractivity contribution in [3.63, 3.8) is 0 Å². The lowest BCUT2D eigenvalue weighted by atomic mass is 10.2. The molecule has 0 aromatic heterocycles. The molecule has 0 unspecified atom stereocenters. The summed E-state index contributed by atoms with van der Waals surface area (Å²) in [5, 5.41) is 0.366. The third-order valence-electron chi connectivity index (χ3n) is 3.23. The molecule has 3 rings (SSSR count). The molecule has 0 saturated carbocycles. The lowest BCUT2D eigenvalue weighted by Gasteiger charge is -2.15. The van der Waals surface area contributed by atoms with Gasteiger partial charge in [0.05, 0.1) is 11.4 Å². The number of anilines is 2. The predicted octanol–water partition coefficient (Wildman–Crippen LogP) is 3.02. The first-order valence-corrected chi connectivity index (χ1v) is 6.77. The standard InChI is InChI=1S/C16H10ClN2O3/c1-10-5-7-12(8-6-10)18-14(20)15(21)19(16(18)22)13-4-2-3-11(17)9-13/h2-9H,1H2. The maximum absolute atomic E-state index is 12.5. The Balaban J connectivity index is 2.02. The molecule has 6 heteroatoms. The van der Waals surface area contributed by atoms with E-state index in [1.165, 1.54) is 12.1 Å². The van der Waals surface area contributed by atoms with Gasteiger partial charge in [0.2, 0.25) is 0 Å². The number of amides is 4. The summed E-state index contributed by atoms with van der Waals surface area (Å²) >= 11 is 5.87. The molecule has 4 amide bonds. The van der Waals surface area contributed by atoms with E-state index in [0.29, 0.717) is 10.7 Å². The molecule has 2 aromatic rings. The minimum absolute atomic E-state index is 0.257. The van der Waals surface area contributed by atoms with Crippen LogP contribution in [0.5, 0.6) is 0 Å². The van der Waals surface area contributed by atoms with E-state index >= 15 is 0 Å². The zero-order valence-corrected chi connectivity index (χ0v) is 12.1. The van der Waals surface area contributed by atoms with Gasteiger partial charge in [-0.15, -0.1) is 0 Å². The van der Waals surface area contributed by atoms with Gasteiger partial charge in [-0.1, -0.05) is 29.8 Å². The van der Waals surface area contributed by atoms with E-state index < -0.39 is 17.8 Å². The first kappa shape index (κ1) is 14.3. The molecule has 1 aliphatic rings. The predicted molar refractivity (Wildman–Crippen MR) is 82.7 cm³/mol. The van der Waals surface area contributed by atoms with Crippen LogP contribution in [0.2, 0.25) is 5.02 Å².